The molecule has 3 N–H and O–H groups in total. The van der Waals surface area contributed by atoms with E-state index in [1.54, 1.807) is 17.0 Å². The Balaban J connectivity index is 1.40. The minimum absolute atomic E-state index is 0.0427. The minimum Gasteiger partial charge on any atom is -0.347 e. The zero-order chi connectivity index (χ0) is 21.6. The van der Waals surface area contributed by atoms with Crippen LogP contribution in [0.5, 0.6) is 0 Å². The Morgan fingerprint density at radius 2 is 1.60 bits per heavy atom. The van der Waals surface area contributed by atoms with Crippen molar-refractivity contribution in [2.45, 2.75) is 30.6 Å². The molecule has 1 fully saturated rings. The lowest BCUT2D eigenvalue weighted by atomic mass is 9.90. The zero-order valence-electron chi connectivity index (χ0n) is 16.8. The Kier molecular flexibility index (Phi) is 7.23. The largest absolute Gasteiger partial charge is 0.347 e. The van der Waals surface area contributed by atoms with Gasteiger partial charge in [0.15, 0.2) is 0 Å². The van der Waals surface area contributed by atoms with E-state index in [0.717, 1.165) is 24.8 Å². The summed E-state index contributed by atoms with van der Waals surface area (Å²) in [5.74, 6) is -0.560. The molecule has 1 aliphatic rings. The summed E-state index contributed by atoms with van der Waals surface area (Å²) < 4.78 is 22.5. The number of nitrogens with two attached hydrogens (primary N) is 1. The van der Waals surface area contributed by atoms with Crippen molar-refractivity contribution in [3.63, 3.8) is 0 Å². The Hall–Kier alpha value is -2.71. The van der Waals surface area contributed by atoms with Gasteiger partial charge in [-0.2, -0.15) is 0 Å². The van der Waals surface area contributed by atoms with Crippen LogP contribution in [0.4, 0.5) is 0 Å². The molecule has 0 radical (unpaired) electrons. The maximum atomic E-state index is 12.4. The molecule has 30 heavy (non-hydrogen) atoms. The number of primary sulfonamides is 1. The van der Waals surface area contributed by atoms with Crippen molar-refractivity contribution in [3.05, 3.63) is 65.7 Å². The van der Waals surface area contributed by atoms with E-state index in [1.807, 2.05) is 18.2 Å². The van der Waals surface area contributed by atoms with Crippen LogP contribution in [0.25, 0.3) is 0 Å². The first-order valence-corrected chi connectivity index (χ1v) is 11.6. The van der Waals surface area contributed by atoms with Crippen LogP contribution in [-0.4, -0.2) is 44.8 Å². The molecule has 0 saturated carbocycles. The minimum atomic E-state index is -3.72. The van der Waals surface area contributed by atoms with E-state index in [0.29, 0.717) is 32.0 Å². The van der Waals surface area contributed by atoms with Gasteiger partial charge in [0, 0.05) is 19.6 Å². The van der Waals surface area contributed by atoms with Crippen molar-refractivity contribution in [2.75, 3.05) is 19.6 Å². The van der Waals surface area contributed by atoms with Crippen molar-refractivity contribution in [1.82, 2.24) is 10.2 Å². The Morgan fingerprint density at radius 3 is 2.20 bits per heavy atom. The predicted molar refractivity (Wildman–Crippen MR) is 114 cm³/mol. The normalized spacial score (nSPS) is 15.0. The molecule has 1 heterocycles. The third-order valence-corrected chi connectivity index (χ3v) is 6.34. The summed E-state index contributed by atoms with van der Waals surface area (Å²) in [5.41, 5.74) is 2.15. The van der Waals surface area contributed by atoms with Crippen LogP contribution in [-0.2, 0) is 32.5 Å². The number of hydrogen-bond donors (Lipinski definition) is 2. The molecule has 8 heteroatoms. The first-order chi connectivity index (χ1) is 14.3. The van der Waals surface area contributed by atoms with Crippen molar-refractivity contribution >= 4 is 21.8 Å². The van der Waals surface area contributed by atoms with Crippen LogP contribution >= 0.6 is 0 Å². The number of nitrogens with zero attached hydrogens (tertiary/aromatic N) is 1. The first-order valence-electron chi connectivity index (χ1n) is 10.1. The SMILES string of the molecule is NS(=O)(=O)c1ccc(CCNC(=O)C(=O)N2CCC(Cc3ccccc3)CC2)cc1. The maximum Gasteiger partial charge on any atom is 0.311 e. The number of carbonyl (C=O) groups is 2. The molecule has 3 rings (SSSR count). The first kappa shape index (κ1) is 22.0. The third-order valence-electron chi connectivity index (χ3n) is 5.41. The number of likely N-dealkylation sites (tertiary alicyclic amines) is 1. The van der Waals surface area contributed by atoms with Crippen LogP contribution in [0.15, 0.2) is 59.5 Å². The van der Waals surface area contributed by atoms with Gasteiger partial charge in [0.05, 0.1) is 4.90 Å². The smallest absolute Gasteiger partial charge is 0.311 e. The van der Waals surface area contributed by atoms with Crippen molar-refractivity contribution in [3.8, 4) is 0 Å². The number of nitrogens with one attached hydrogen (secondary N) is 1. The molecule has 0 atom stereocenters. The van der Waals surface area contributed by atoms with Crippen LogP contribution in [0.1, 0.15) is 24.0 Å². The van der Waals surface area contributed by atoms with Crippen LogP contribution in [0, 0.1) is 5.92 Å². The molecule has 2 aromatic rings. The predicted octanol–water partition coefficient (Wildman–Crippen LogP) is 1.47. The average molecular weight is 430 g/mol. The summed E-state index contributed by atoms with van der Waals surface area (Å²) >= 11 is 0. The molecule has 0 bridgehead atoms. The molecular formula is C22H27N3O4S. The summed E-state index contributed by atoms with van der Waals surface area (Å²) in [6.07, 6.45) is 3.27. The zero-order valence-corrected chi connectivity index (χ0v) is 17.6. The van der Waals surface area contributed by atoms with E-state index in [2.05, 4.69) is 17.4 Å². The fourth-order valence-corrected chi connectivity index (χ4v) is 4.19. The van der Waals surface area contributed by atoms with Crippen LogP contribution < -0.4 is 10.5 Å². The van der Waals surface area contributed by atoms with Crippen LogP contribution in [0.3, 0.4) is 0 Å². The fourth-order valence-electron chi connectivity index (χ4n) is 3.67. The van der Waals surface area contributed by atoms with E-state index in [1.165, 1.54) is 17.7 Å². The number of benzene rings is 2. The number of rotatable bonds is 6. The number of hydrogen-bond acceptors (Lipinski definition) is 4. The molecule has 0 aromatic heterocycles. The standard InChI is InChI=1S/C22H27N3O4S/c23-30(28,29)20-8-6-17(7-9-20)10-13-24-21(26)22(27)25-14-11-19(12-15-25)16-18-4-2-1-3-5-18/h1-9,19H,10-16H2,(H,24,26)(H2,23,28,29). The number of sulfonamides is 1. The van der Waals surface area contributed by atoms with E-state index in [9.17, 15) is 18.0 Å². The van der Waals surface area contributed by atoms with Gasteiger partial charge in [0.1, 0.15) is 0 Å². The maximum absolute atomic E-state index is 12.4. The van der Waals surface area contributed by atoms with E-state index < -0.39 is 21.8 Å². The van der Waals surface area contributed by atoms with E-state index >= 15 is 0 Å². The monoisotopic (exact) mass is 429 g/mol. The highest BCUT2D eigenvalue weighted by Gasteiger charge is 2.26. The lowest BCUT2D eigenvalue weighted by molar-refractivity contribution is -0.146. The van der Waals surface area contributed by atoms with Crippen LogP contribution in [0.2, 0.25) is 0 Å². The quantitative estimate of drug-likeness (QED) is 0.678. The van der Waals surface area contributed by atoms with E-state index in [-0.39, 0.29) is 4.90 Å². The van der Waals surface area contributed by atoms with Gasteiger partial charge in [-0.25, -0.2) is 13.6 Å². The van der Waals surface area contributed by atoms with Crippen molar-refractivity contribution in [2.24, 2.45) is 11.1 Å². The fraction of sp³-hybridized carbons (Fsp3) is 0.364. The highest BCUT2D eigenvalue weighted by Crippen LogP contribution is 2.21. The molecule has 0 unspecified atom stereocenters. The second-order valence-electron chi connectivity index (χ2n) is 7.62. The van der Waals surface area contributed by atoms with Gasteiger partial charge in [-0.3, -0.25) is 9.59 Å². The highest BCUT2D eigenvalue weighted by atomic mass is 32.2. The molecule has 0 spiro atoms. The number of piperidine rings is 1. The van der Waals surface area contributed by atoms with Gasteiger partial charge < -0.3 is 10.2 Å². The van der Waals surface area contributed by atoms with Gasteiger partial charge in [-0.1, -0.05) is 42.5 Å². The van der Waals surface area contributed by atoms with Gasteiger partial charge in [-0.15, -0.1) is 0 Å². The van der Waals surface area contributed by atoms with Crippen molar-refractivity contribution in [1.29, 1.82) is 0 Å². The third kappa shape index (κ3) is 6.14. The van der Waals surface area contributed by atoms with Gasteiger partial charge in [0.2, 0.25) is 10.0 Å². The Labute approximate surface area is 177 Å². The molecule has 1 aliphatic heterocycles. The molecule has 2 amide bonds. The number of amides is 2. The Bertz CT molecular complexity index is 967. The summed E-state index contributed by atoms with van der Waals surface area (Å²) in [5, 5.41) is 7.72. The number of carbonyl (C=O) groups excluding carboxylic acids is 2. The van der Waals surface area contributed by atoms with Crippen molar-refractivity contribution < 1.29 is 18.0 Å². The molecule has 2 aromatic carbocycles. The lowest BCUT2D eigenvalue weighted by Crippen LogP contribution is -2.47. The molecule has 0 aliphatic carbocycles. The lowest BCUT2D eigenvalue weighted by Gasteiger charge is -2.31. The van der Waals surface area contributed by atoms with Gasteiger partial charge in [-0.05, 0) is 54.9 Å². The molecule has 160 valence electrons. The summed E-state index contributed by atoms with van der Waals surface area (Å²) in [4.78, 5) is 26.3. The summed E-state index contributed by atoms with van der Waals surface area (Å²) in [7, 11) is -3.72. The highest BCUT2D eigenvalue weighted by molar-refractivity contribution is 7.89. The average Bonchev–Trinajstić information content (AvgIpc) is 2.74. The van der Waals surface area contributed by atoms with Gasteiger partial charge >= 0.3 is 11.8 Å². The second-order valence-corrected chi connectivity index (χ2v) is 9.18. The molecular weight excluding hydrogens is 402 g/mol. The summed E-state index contributed by atoms with van der Waals surface area (Å²) in [6.45, 7) is 1.49. The molecule has 1 saturated heterocycles. The van der Waals surface area contributed by atoms with Gasteiger partial charge in [0.25, 0.3) is 0 Å². The second kappa shape index (κ2) is 9.86. The summed E-state index contributed by atoms with van der Waals surface area (Å²) in [6, 6.07) is 16.5. The topological polar surface area (TPSA) is 110 Å². The van der Waals surface area contributed by atoms with E-state index in [4.69, 9.17) is 5.14 Å². The molecule has 7 nitrogen and oxygen atoms in total. The Morgan fingerprint density at radius 1 is 0.967 bits per heavy atom.